The largest absolute Gasteiger partial charge is 0.460 e. The van der Waals surface area contributed by atoms with Gasteiger partial charge >= 0.3 is 12.1 Å². The van der Waals surface area contributed by atoms with Crippen molar-refractivity contribution < 1.29 is 32.2 Å². The summed E-state index contributed by atoms with van der Waals surface area (Å²) >= 11 is 3.34. The highest BCUT2D eigenvalue weighted by atomic mass is 32.2. The summed E-state index contributed by atoms with van der Waals surface area (Å²) in [5.74, 6) is 2.58. The molecule has 0 saturated heterocycles. The monoisotopic (exact) mass is 510 g/mol. The first-order chi connectivity index (χ1) is 16.0. The first-order valence-corrected chi connectivity index (χ1v) is 12.6. The van der Waals surface area contributed by atoms with E-state index in [1.54, 1.807) is 29.6 Å². The topological polar surface area (TPSA) is 48.7 Å². The van der Waals surface area contributed by atoms with Crippen LogP contribution in [0.25, 0.3) is 11.3 Å². The summed E-state index contributed by atoms with van der Waals surface area (Å²) in [6.07, 6.45) is -4.38. The molecule has 9 heteroatoms. The fourth-order valence-corrected chi connectivity index (χ4v) is 4.71. The number of carbonyl (C=O) groups is 1. The average molecular weight is 511 g/mol. The molecule has 34 heavy (non-hydrogen) atoms. The Hall–Kier alpha value is -2.52. The lowest BCUT2D eigenvalue weighted by Gasteiger charge is -2.08. The Labute approximate surface area is 205 Å². The summed E-state index contributed by atoms with van der Waals surface area (Å²) < 4.78 is 44.8. The SMILES string of the molecule is CC(=O)OOc1ccc(SCc2cc(-c3ccc(C(F)(F)F)cc3)oc2CSC(C)C)cc1C. The van der Waals surface area contributed by atoms with Crippen molar-refractivity contribution in [3.8, 4) is 17.1 Å². The Bertz CT molecular complexity index is 1120. The molecule has 0 aliphatic rings. The van der Waals surface area contributed by atoms with Crippen LogP contribution in [0, 0.1) is 6.92 Å². The van der Waals surface area contributed by atoms with Crippen LogP contribution >= 0.6 is 23.5 Å². The number of carbonyl (C=O) groups excluding carboxylic acids is 1. The molecule has 4 nitrogen and oxygen atoms in total. The van der Waals surface area contributed by atoms with Crippen LogP contribution in [-0.2, 0) is 27.4 Å². The van der Waals surface area contributed by atoms with E-state index >= 15 is 0 Å². The van der Waals surface area contributed by atoms with Gasteiger partial charge in [0.15, 0.2) is 5.75 Å². The molecule has 1 heterocycles. The van der Waals surface area contributed by atoms with Crippen molar-refractivity contribution in [3.05, 3.63) is 71.0 Å². The van der Waals surface area contributed by atoms with Gasteiger partial charge in [-0.15, -0.1) is 11.8 Å². The second kappa shape index (κ2) is 11.3. The number of halogens is 3. The number of hydrogen-bond acceptors (Lipinski definition) is 6. The van der Waals surface area contributed by atoms with E-state index < -0.39 is 17.7 Å². The first kappa shape index (κ1) is 26.1. The van der Waals surface area contributed by atoms with Crippen molar-refractivity contribution >= 4 is 29.5 Å². The number of furan rings is 1. The summed E-state index contributed by atoms with van der Waals surface area (Å²) in [7, 11) is 0. The van der Waals surface area contributed by atoms with Crippen LogP contribution < -0.4 is 4.89 Å². The molecule has 0 fully saturated rings. The maximum atomic E-state index is 12.9. The van der Waals surface area contributed by atoms with Crippen molar-refractivity contribution in [3.63, 3.8) is 0 Å². The fourth-order valence-electron chi connectivity index (χ4n) is 2.99. The molecule has 0 amide bonds. The number of aryl methyl sites for hydroxylation is 1. The van der Waals surface area contributed by atoms with Gasteiger partial charge in [0.05, 0.1) is 11.3 Å². The maximum absolute atomic E-state index is 12.9. The normalized spacial score (nSPS) is 11.6. The Morgan fingerprint density at radius 2 is 1.76 bits per heavy atom. The standard InChI is InChI=1S/C25H25F3O4S2/c1-15(2)33-14-24-19(12-23(30-24)18-5-7-20(8-6-18)25(26,27)28)13-34-21-9-10-22(16(3)11-21)32-31-17(4)29/h5-12,15H,13-14H2,1-4H3. The number of alkyl halides is 3. The molecule has 0 atom stereocenters. The first-order valence-electron chi connectivity index (χ1n) is 10.5. The summed E-state index contributed by atoms with van der Waals surface area (Å²) in [4.78, 5) is 21.5. The molecule has 0 spiro atoms. The second-order valence-corrected chi connectivity index (χ2v) is 10.5. The molecule has 3 aromatic rings. The van der Waals surface area contributed by atoms with Gasteiger partial charge in [0, 0.05) is 28.7 Å². The molecule has 2 aromatic carbocycles. The van der Waals surface area contributed by atoms with E-state index in [1.165, 1.54) is 19.1 Å². The third-order valence-corrected chi connectivity index (χ3v) is 6.87. The molecule has 0 unspecified atom stereocenters. The van der Waals surface area contributed by atoms with Crippen molar-refractivity contribution in [2.75, 3.05) is 0 Å². The third kappa shape index (κ3) is 7.24. The molecule has 182 valence electrons. The lowest BCUT2D eigenvalue weighted by molar-refractivity contribution is -0.211. The van der Waals surface area contributed by atoms with E-state index in [9.17, 15) is 18.0 Å². The van der Waals surface area contributed by atoms with Crippen LogP contribution in [0.1, 0.15) is 43.2 Å². The summed E-state index contributed by atoms with van der Waals surface area (Å²) in [5, 5.41) is 0.410. The molecule has 0 radical (unpaired) electrons. The van der Waals surface area contributed by atoms with E-state index in [2.05, 4.69) is 18.7 Å². The van der Waals surface area contributed by atoms with Crippen LogP contribution in [0.5, 0.6) is 5.75 Å². The Kier molecular flexibility index (Phi) is 8.65. The molecule has 0 aliphatic carbocycles. The molecular formula is C25H25F3O4S2. The highest BCUT2D eigenvalue weighted by Gasteiger charge is 2.30. The van der Waals surface area contributed by atoms with Crippen LogP contribution in [0.3, 0.4) is 0 Å². The van der Waals surface area contributed by atoms with Crippen molar-refractivity contribution in [1.82, 2.24) is 0 Å². The van der Waals surface area contributed by atoms with E-state index in [0.717, 1.165) is 33.9 Å². The van der Waals surface area contributed by atoms with Gasteiger partial charge in [-0.1, -0.05) is 26.0 Å². The molecule has 0 bridgehead atoms. The minimum Gasteiger partial charge on any atom is -0.460 e. The van der Waals surface area contributed by atoms with Gasteiger partial charge in [0.1, 0.15) is 11.5 Å². The summed E-state index contributed by atoms with van der Waals surface area (Å²) in [6, 6.07) is 12.4. The van der Waals surface area contributed by atoms with Gasteiger partial charge in [-0.3, -0.25) is 9.78 Å². The molecule has 0 N–H and O–H groups in total. The van der Waals surface area contributed by atoms with Gasteiger partial charge in [-0.2, -0.15) is 24.9 Å². The predicted octanol–water partition coefficient (Wildman–Crippen LogP) is 8.06. The number of rotatable bonds is 9. The van der Waals surface area contributed by atoms with Crippen molar-refractivity contribution in [1.29, 1.82) is 0 Å². The summed E-state index contributed by atoms with van der Waals surface area (Å²) in [5.41, 5.74) is 1.72. The van der Waals surface area contributed by atoms with Gasteiger partial charge in [-0.25, -0.2) is 4.79 Å². The van der Waals surface area contributed by atoms with Gasteiger partial charge in [0.2, 0.25) is 0 Å². The van der Waals surface area contributed by atoms with Crippen LogP contribution in [0.2, 0.25) is 0 Å². The van der Waals surface area contributed by atoms with E-state index in [1.807, 2.05) is 25.1 Å². The van der Waals surface area contributed by atoms with E-state index in [-0.39, 0.29) is 0 Å². The van der Waals surface area contributed by atoms with Gasteiger partial charge in [0.25, 0.3) is 0 Å². The molecule has 3 rings (SSSR count). The highest BCUT2D eigenvalue weighted by Crippen LogP contribution is 2.36. The van der Waals surface area contributed by atoms with Crippen molar-refractivity contribution in [2.45, 2.75) is 55.5 Å². The number of hydrogen-bond donors (Lipinski definition) is 0. The fraction of sp³-hybridized carbons (Fsp3) is 0.320. The van der Waals surface area contributed by atoms with Gasteiger partial charge < -0.3 is 4.42 Å². The number of benzene rings is 2. The third-order valence-electron chi connectivity index (χ3n) is 4.73. The summed E-state index contributed by atoms with van der Waals surface area (Å²) in [6.45, 7) is 7.31. The quantitative estimate of drug-likeness (QED) is 0.165. The lowest BCUT2D eigenvalue weighted by Crippen LogP contribution is -2.03. The minimum atomic E-state index is -4.38. The van der Waals surface area contributed by atoms with Crippen LogP contribution in [0.15, 0.2) is 57.8 Å². The van der Waals surface area contributed by atoms with Crippen LogP contribution in [-0.4, -0.2) is 11.2 Å². The highest BCUT2D eigenvalue weighted by molar-refractivity contribution is 7.99. The Morgan fingerprint density at radius 3 is 2.35 bits per heavy atom. The predicted molar refractivity (Wildman–Crippen MR) is 129 cm³/mol. The zero-order valence-electron chi connectivity index (χ0n) is 19.2. The lowest BCUT2D eigenvalue weighted by atomic mass is 10.1. The van der Waals surface area contributed by atoms with E-state index in [0.29, 0.717) is 33.8 Å². The smallest absolute Gasteiger partial charge is 0.416 e. The van der Waals surface area contributed by atoms with E-state index in [4.69, 9.17) is 9.30 Å². The molecular weight excluding hydrogens is 485 g/mol. The Balaban J connectivity index is 1.78. The van der Waals surface area contributed by atoms with Crippen molar-refractivity contribution in [2.24, 2.45) is 0 Å². The zero-order valence-corrected chi connectivity index (χ0v) is 20.8. The van der Waals surface area contributed by atoms with Crippen LogP contribution in [0.4, 0.5) is 13.2 Å². The molecule has 1 aromatic heterocycles. The molecule has 0 saturated carbocycles. The molecule has 0 aliphatic heterocycles. The Morgan fingerprint density at radius 1 is 1.06 bits per heavy atom. The number of thioether (sulfide) groups is 2. The average Bonchev–Trinajstić information content (AvgIpc) is 3.18. The zero-order chi connectivity index (χ0) is 24.9. The second-order valence-electron chi connectivity index (χ2n) is 7.87. The minimum absolute atomic E-state index is 0.410. The maximum Gasteiger partial charge on any atom is 0.416 e. The van der Waals surface area contributed by atoms with Gasteiger partial charge in [-0.05, 0) is 54.1 Å².